The van der Waals surface area contributed by atoms with Crippen LogP contribution in [0.4, 0.5) is 0 Å². The van der Waals surface area contributed by atoms with Crippen molar-refractivity contribution >= 4 is 5.97 Å². The van der Waals surface area contributed by atoms with Crippen LogP contribution < -0.4 is 5.56 Å². The van der Waals surface area contributed by atoms with Crippen LogP contribution in [0.3, 0.4) is 0 Å². The number of hydrogen-bond donors (Lipinski definition) is 0. The number of carbonyl (C=O) groups is 1. The molecule has 5 heteroatoms. The molecule has 0 aliphatic heterocycles. The topological polar surface area (TPSA) is 61.2 Å². The number of aromatic nitrogens is 2. The molecule has 16 heavy (non-hydrogen) atoms. The number of esters is 1. The van der Waals surface area contributed by atoms with E-state index in [4.69, 9.17) is 0 Å². The summed E-state index contributed by atoms with van der Waals surface area (Å²) < 4.78 is 5.94. The first-order chi connectivity index (χ1) is 7.47. The number of aryl methyl sites for hydroxylation is 1. The first-order valence-corrected chi connectivity index (χ1v) is 5.10. The second-order valence-electron chi connectivity index (χ2n) is 3.87. The van der Waals surface area contributed by atoms with Crippen molar-refractivity contribution in [2.45, 2.75) is 26.8 Å². The van der Waals surface area contributed by atoms with Crippen LogP contribution in [0, 0.1) is 12.8 Å². The summed E-state index contributed by atoms with van der Waals surface area (Å²) in [6.07, 6.45) is 1.60. The molecule has 1 heterocycles. The predicted octanol–water partition coefficient (Wildman–Crippen LogP) is 0.922. The first-order valence-electron chi connectivity index (χ1n) is 5.10. The molecule has 0 spiro atoms. The van der Waals surface area contributed by atoms with Gasteiger partial charge in [0.05, 0.1) is 25.3 Å². The minimum absolute atomic E-state index is 0.205. The molecule has 0 N–H and O–H groups in total. The van der Waals surface area contributed by atoms with Gasteiger partial charge >= 0.3 is 5.97 Å². The lowest BCUT2D eigenvalue weighted by atomic mass is 10.0. The van der Waals surface area contributed by atoms with E-state index in [0.717, 1.165) is 5.56 Å². The van der Waals surface area contributed by atoms with Gasteiger partial charge in [-0.15, -0.1) is 0 Å². The first kappa shape index (κ1) is 12.4. The lowest BCUT2D eigenvalue weighted by Crippen LogP contribution is -2.32. The van der Waals surface area contributed by atoms with Gasteiger partial charge in [-0.05, 0) is 26.3 Å². The Labute approximate surface area is 94.0 Å². The largest absolute Gasteiger partial charge is 0.469 e. The molecular weight excluding hydrogens is 208 g/mol. The van der Waals surface area contributed by atoms with Crippen molar-refractivity contribution in [1.82, 2.24) is 9.78 Å². The van der Waals surface area contributed by atoms with E-state index >= 15 is 0 Å². The van der Waals surface area contributed by atoms with E-state index in [9.17, 15) is 9.59 Å². The molecular formula is C11H16N2O3. The zero-order chi connectivity index (χ0) is 12.3. The maximum absolute atomic E-state index is 11.6. The fraction of sp³-hybridized carbons (Fsp3) is 0.545. The highest BCUT2D eigenvalue weighted by Crippen LogP contribution is 2.15. The molecule has 0 amide bonds. The zero-order valence-corrected chi connectivity index (χ0v) is 9.93. The van der Waals surface area contributed by atoms with E-state index in [-0.39, 0.29) is 17.6 Å². The second kappa shape index (κ2) is 4.92. The average Bonchev–Trinajstić information content (AvgIpc) is 2.26. The summed E-state index contributed by atoms with van der Waals surface area (Å²) >= 11 is 0. The molecule has 0 bridgehead atoms. The second-order valence-corrected chi connectivity index (χ2v) is 3.87. The van der Waals surface area contributed by atoms with Crippen molar-refractivity contribution in [3.8, 4) is 0 Å². The van der Waals surface area contributed by atoms with Gasteiger partial charge in [0.1, 0.15) is 0 Å². The normalized spacial score (nSPS) is 14.2. The number of carbonyl (C=O) groups excluding carboxylic acids is 1. The molecule has 0 saturated carbocycles. The summed E-state index contributed by atoms with van der Waals surface area (Å²) in [6, 6.07) is 1.17. The summed E-state index contributed by atoms with van der Waals surface area (Å²) in [5.41, 5.74) is 0.599. The Bertz CT molecular complexity index is 439. The summed E-state index contributed by atoms with van der Waals surface area (Å²) in [5, 5.41) is 4.01. The molecule has 0 saturated heterocycles. The maximum atomic E-state index is 11.6. The van der Waals surface area contributed by atoms with Crippen molar-refractivity contribution in [3.63, 3.8) is 0 Å². The Morgan fingerprint density at radius 3 is 2.62 bits per heavy atom. The molecule has 1 aromatic heterocycles. The average molecular weight is 224 g/mol. The Morgan fingerprint density at radius 1 is 1.50 bits per heavy atom. The molecule has 1 aromatic rings. The molecule has 2 atom stereocenters. The van der Waals surface area contributed by atoms with Gasteiger partial charge in [0, 0.05) is 6.07 Å². The minimum Gasteiger partial charge on any atom is -0.469 e. The van der Waals surface area contributed by atoms with E-state index in [1.807, 2.05) is 0 Å². The fourth-order valence-corrected chi connectivity index (χ4v) is 1.41. The maximum Gasteiger partial charge on any atom is 0.310 e. The third-order valence-electron chi connectivity index (χ3n) is 2.65. The van der Waals surface area contributed by atoms with E-state index in [1.54, 1.807) is 27.0 Å². The smallest absolute Gasteiger partial charge is 0.310 e. The number of methoxy groups -OCH3 is 1. The highest BCUT2D eigenvalue weighted by Gasteiger charge is 2.23. The molecule has 88 valence electrons. The predicted molar refractivity (Wildman–Crippen MR) is 59.1 cm³/mol. The lowest BCUT2D eigenvalue weighted by Gasteiger charge is -2.18. The monoisotopic (exact) mass is 224 g/mol. The fourth-order valence-electron chi connectivity index (χ4n) is 1.41. The Balaban J connectivity index is 3.01. The van der Waals surface area contributed by atoms with Crippen molar-refractivity contribution in [2.24, 2.45) is 5.92 Å². The van der Waals surface area contributed by atoms with Crippen LogP contribution in [0.2, 0.25) is 0 Å². The van der Waals surface area contributed by atoms with Crippen LogP contribution >= 0.6 is 0 Å². The molecule has 0 fully saturated rings. The summed E-state index contributed by atoms with van der Waals surface area (Å²) in [6.45, 7) is 5.28. The molecule has 2 unspecified atom stereocenters. The SMILES string of the molecule is COC(=O)C(C)C(C)n1ncc(C)cc1=O. The zero-order valence-electron chi connectivity index (χ0n) is 9.93. The molecule has 5 nitrogen and oxygen atoms in total. The van der Waals surface area contributed by atoms with Crippen LogP contribution in [0.1, 0.15) is 25.5 Å². The van der Waals surface area contributed by atoms with Crippen LogP contribution in [0.25, 0.3) is 0 Å². The summed E-state index contributed by atoms with van der Waals surface area (Å²) in [4.78, 5) is 23.0. The van der Waals surface area contributed by atoms with Crippen molar-refractivity contribution in [2.75, 3.05) is 7.11 Å². The van der Waals surface area contributed by atoms with Crippen LogP contribution in [0.5, 0.6) is 0 Å². The number of ether oxygens (including phenoxy) is 1. The van der Waals surface area contributed by atoms with Gasteiger partial charge in [-0.1, -0.05) is 0 Å². The number of hydrogen-bond acceptors (Lipinski definition) is 4. The van der Waals surface area contributed by atoms with E-state index in [0.29, 0.717) is 0 Å². The Morgan fingerprint density at radius 2 is 2.12 bits per heavy atom. The van der Waals surface area contributed by atoms with Crippen molar-refractivity contribution in [3.05, 3.63) is 28.2 Å². The van der Waals surface area contributed by atoms with E-state index < -0.39 is 5.92 Å². The van der Waals surface area contributed by atoms with Crippen molar-refractivity contribution in [1.29, 1.82) is 0 Å². The highest BCUT2D eigenvalue weighted by molar-refractivity contribution is 5.72. The summed E-state index contributed by atoms with van der Waals surface area (Å²) in [5.74, 6) is -0.750. The Kier molecular flexibility index (Phi) is 3.82. The standard InChI is InChI=1S/C11H16N2O3/c1-7-5-10(14)13(12-6-7)9(3)8(2)11(15)16-4/h5-6,8-9H,1-4H3. The number of nitrogens with zero attached hydrogens (tertiary/aromatic N) is 2. The van der Waals surface area contributed by atoms with E-state index in [1.165, 1.54) is 17.9 Å². The van der Waals surface area contributed by atoms with Crippen LogP contribution in [0.15, 0.2) is 17.1 Å². The molecule has 1 rings (SSSR count). The molecule has 0 aliphatic carbocycles. The van der Waals surface area contributed by atoms with Crippen molar-refractivity contribution < 1.29 is 9.53 Å². The van der Waals surface area contributed by atoms with Gasteiger partial charge in [-0.2, -0.15) is 5.10 Å². The summed E-state index contributed by atoms with van der Waals surface area (Å²) in [7, 11) is 1.33. The molecule has 0 aliphatic rings. The van der Waals surface area contributed by atoms with Gasteiger partial charge in [0.2, 0.25) is 0 Å². The van der Waals surface area contributed by atoms with Crippen LogP contribution in [-0.2, 0) is 9.53 Å². The van der Waals surface area contributed by atoms with Gasteiger partial charge in [-0.25, -0.2) is 4.68 Å². The van der Waals surface area contributed by atoms with Gasteiger partial charge in [-0.3, -0.25) is 9.59 Å². The van der Waals surface area contributed by atoms with Crippen LogP contribution in [-0.4, -0.2) is 22.9 Å². The highest BCUT2D eigenvalue weighted by atomic mass is 16.5. The van der Waals surface area contributed by atoms with Gasteiger partial charge in [0.25, 0.3) is 5.56 Å². The third-order valence-corrected chi connectivity index (χ3v) is 2.65. The molecule has 0 radical (unpaired) electrons. The van der Waals surface area contributed by atoms with Gasteiger partial charge < -0.3 is 4.74 Å². The lowest BCUT2D eigenvalue weighted by molar-refractivity contribution is -0.146. The van der Waals surface area contributed by atoms with Gasteiger partial charge in [0.15, 0.2) is 0 Å². The minimum atomic E-state index is -0.405. The third kappa shape index (κ3) is 2.48. The van der Waals surface area contributed by atoms with E-state index in [2.05, 4.69) is 9.84 Å². The quantitative estimate of drug-likeness (QED) is 0.716. The Hall–Kier alpha value is -1.65. The number of rotatable bonds is 3. The molecule has 0 aromatic carbocycles.